The van der Waals surface area contributed by atoms with Crippen LogP contribution < -0.4 is 16.1 Å². The number of aromatic nitrogens is 4. The van der Waals surface area contributed by atoms with Crippen molar-refractivity contribution in [1.82, 2.24) is 30.8 Å². The molecule has 0 bridgehead atoms. The molecule has 3 amide bonds. The molecular weight excluding hydrogens is 498 g/mol. The Morgan fingerprint density at radius 2 is 1.97 bits per heavy atom. The Balaban J connectivity index is 1.36. The Bertz CT molecular complexity index is 1110. The van der Waals surface area contributed by atoms with E-state index >= 15 is 0 Å². The Hall–Kier alpha value is -3.68. The number of anilines is 1. The fourth-order valence-electron chi connectivity index (χ4n) is 3.46. The molecule has 0 aliphatic rings. The zero-order valence-corrected chi connectivity index (χ0v) is 21.2. The molecule has 0 fully saturated rings. The molecule has 0 aliphatic carbocycles. The van der Waals surface area contributed by atoms with Crippen molar-refractivity contribution in [2.24, 2.45) is 5.92 Å². The second-order valence-corrected chi connectivity index (χ2v) is 9.19. The highest BCUT2D eigenvalue weighted by Gasteiger charge is 2.22. The summed E-state index contributed by atoms with van der Waals surface area (Å²) in [7, 11) is 0. The van der Waals surface area contributed by atoms with Gasteiger partial charge < -0.3 is 15.4 Å². The maximum absolute atomic E-state index is 12.7. The van der Waals surface area contributed by atoms with Gasteiger partial charge in [-0.3, -0.25) is 24.3 Å². The molecule has 2 aromatic heterocycles. The number of benzene rings is 1. The molecule has 0 aliphatic heterocycles. The van der Waals surface area contributed by atoms with E-state index in [1.54, 1.807) is 27.9 Å². The van der Waals surface area contributed by atoms with Crippen LogP contribution in [0.2, 0.25) is 0 Å². The van der Waals surface area contributed by atoms with Crippen molar-refractivity contribution in [2.45, 2.75) is 51.8 Å². The minimum absolute atomic E-state index is 0.0770. The van der Waals surface area contributed by atoms with Crippen molar-refractivity contribution in [2.75, 3.05) is 11.9 Å². The number of unbranched alkanes of at least 4 members (excludes halogenated alkanes) is 1. The normalized spacial score (nSPS) is 11.6. The average Bonchev–Trinajstić information content (AvgIpc) is 3.59. The van der Waals surface area contributed by atoms with Crippen molar-refractivity contribution in [3.8, 4) is 0 Å². The highest BCUT2D eigenvalue weighted by molar-refractivity contribution is 7.13. The zero-order valence-electron chi connectivity index (χ0n) is 20.3. The van der Waals surface area contributed by atoms with Gasteiger partial charge in [0.2, 0.25) is 17.7 Å². The minimum atomic E-state index is -0.673. The van der Waals surface area contributed by atoms with E-state index in [1.807, 2.05) is 30.3 Å². The van der Waals surface area contributed by atoms with E-state index in [0.717, 1.165) is 12.0 Å². The van der Waals surface area contributed by atoms with Crippen LogP contribution in [0, 0.1) is 5.92 Å². The number of hydrogen-bond donors (Lipinski definition) is 4. The smallest absolute Gasteiger partial charge is 0.244 e. The SMILES string of the molecule is O=C(CC(CCOCc1ccccc1)C(=O)NCc1cn(CCCCC(=O)Nc2nccs2)nn1)NO. The maximum atomic E-state index is 12.7. The summed E-state index contributed by atoms with van der Waals surface area (Å²) >= 11 is 1.37. The van der Waals surface area contributed by atoms with Crippen molar-refractivity contribution in [1.29, 1.82) is 0 Å². The van der Waals surface area contributed by atoms with E-state index in [9.17, 15) is 14.4 Å². The third-order valence-corrected chi connectivity index (χ3v) is 6.09. The van der Waals surface area contributed by atoms with Crippen LogP contribution in [0.5, 0.6) is 0 Å². The Labute approximate surface area is 218 Å². The number of thiazole rings is 1. The lowest BCUT2D eigenvalue weighted by atomic mass is 10.0. The van der Waals surface area contributed by atoms with Gasteiger partial charge >= 0.3 is 0 Å². The van der Waals surface area contributed by atoms with Gasteiger partial charge in [-0.15, -0.1) is 16.4 Å². The predicted molar refractivity (Wildman–Crippen MR) is 135 cm³/mol. The molecule has 2 heterocycles. The van der Waals surface area contributed by atoms with E-state index in [4.69, 9.17) is 9.94 Å². The first-order valence-corrected chi connectivity index (χ1v) is 12.8. The number of aryl methyl sites for hydroxylation is 1. The lowest BCUT2D eigenvalue weighted by molar-refractivity contribution is -0.135. The number of carbonyl (C=O) groups excluding carboxylic acids is 3. The number of carbonyl (C=O) groups is 3. The lowest BCUT2D eigenvalue weighted by Crippen LogP contribution is -2.34. The van der Waals surface area contributed by atoms with Crippen LogP contribution in [0.25, 0.3) is 0 Å². The van der Waals surface area contributed by atoms with Crippen molar-refractivity contribution in [3.05, 3.63) is 59.4 Å². The van der Waals surface area contributed by atoms with Gasteiger partial charge in [-0.05, 0) is 24.8 Å². The molecule has 4 N–H and O–H groups in total. The number of amides is 3. The van der Waals surface area contributed by atoms with Crippen LogP contribution in [0.15, 0.2) is 48.1 Å². The van der Waals surface area contributed by atoms with Gasteiger partial charge in [0.25, 0.3) is 0 Å². The van der Waals surface area contributed by atoms with E-state index < -0.39 is 11.8 Å². The summed E-state index contributed by atoms with van der Waals surface area (Å²) in [4.78, 5) is 40.3. The van der Waals surface area contributed by atoms with Gasteiger partial charge in [-0.2, -0.15) is 0 Å². The highest BCUT2D eigenvalue weighted by Crippen LogP contribution is 2.12. The second kappa shape index (κ2) is 15.4. The van der Waals surface area contributed by atoms with Gasteiger partial charge in [0, 0.05) is 43.5 Å². The van der Waals surface area contributed by atoms with E-state index in [2.05, 4.69) is 25.9 Å². The van der Waals surface area contributed by atoms with Gasteiger partial charge in [0.1, 0.15) is 5.69 Å². The number of rotatable bonds is 16. The van der Waals surface area contributed by atoms with Crippen LogP contribution in [0.1, 0.15) is 43.4 Å². The standard InChI is InChI=1S/C24H31N7O5S/c32-21(27-24-25-10-13-37-24)8-4-5-11-31-16-20(28-30-31)15-26-23(34)19(14-22(33)29-35)9-12-36-17-18-6-2-1-3-7-18/h1-3,6-7,10,13,16,19,35H,4-5,8-9,11-12,14-15,17H2,(H,26,34)(H,29,33)(H,25,27,32). The minimum Gasteiger partial charge on any atom is -0.377 e. The zero-order chi connectivity index (χ0) is 26.3. The molecule has 0 radical (unpaired) electrons. The molecule has 0 saturated heterocycles. The summed E-state index contributed by atoms with van der Waals surface area (Å²) in [5, 5.41) is 24.9. The highest BCUT2D eigenvalue weighted by atomic mass is 32.1. The van der Waals surface area contributed by atoms with Gasteiger partial charge in [-0.1, -0.05) is 35.5 Å². The summed E-state index contributed by atoms with van der Waals surface area (Å²) in [5.74, 6) is -1.73. The van der Waals surface area contributed by atoms with Gasteiger partial charge in [-0.25, -0.2) is 10.5 Å². The summed E-state index contributed by atoms with van der Waals surface area (Å²) < 4.78 is 7.30. The monoisotopic (exact) mass is 529 g/mol. The molecule has 37 heavy (non-hydrogen) atoms. The molecule has 3 rings (SSSR count). The number of nitrogens with zero attached hydrogens (tertiary/aromatic N) is 4. The molecule has 1 aromatic carbocycles. The molecule has 198 valence electrons. The first kappa shape index (κ1) is 27.9. The lowest BCUT2D eigenvalue weighted by Gasteiger charge is -2.15. The third-order valence-electron chi connectivity index (χ3n) is 5.40. The molecule has 12 nitrogen and oxygen atoms in total. The van der Waals surface area contributed by atoms with Crippen molar-refractivity contribution in [3.63, 3.8) is 0 Å². The van der Waals surface area contributed by atoms with Crippen LogP contribution >= 0.6 is 11.3 Å². The first-order valence-electron chi connectivity index (χ1n) is 11.9. The molecular formula is C24H31N7O5S. The first-order chi connectivity index (χ1) is 18.0. The second-order valence-electron chi connectivity index (χ2n) is 8.30. The van der Waals surface area contributed by atoms with E-state index in [1.165, 1.54) is 11.3 Å². The van der Waals surface area contributed by atoms with E-state index in [-0.39, 0.29) is 31.4 Å². The van der Waals surface area contributed by atoms with Crippen LogP contribution in [-0.4, -0.2) is 49.5 Å². The van der Waals surface area contributed by atoms with E-state index in [0.29, 0.717) is 43.2 Å². The fraction of sp³-hybridized carbons (Fsp3) is 0.417. The largest absolute Gasteiger partial charge is 0.377 e. The Kier molecular flexibility index (Phi) is 11.6. The molecule has 0 saturated carbocycles. The van der Waals surface area contributed by atoms with Crippen LogP contribution in [-0.2, 0) is 38.8 Å². The predicted octanol–water partition coefficient (Wildman–Crippen LogP) is 2.28. The number of hydroxylamine groups is 1. The van der Waals surface area contributed by atoms with Crippen molar-refractivity contribution < 1.29 is 24.3 Å². The summed E-state index contributed by atoms with van der Waals surface area (Å²) in [6.45, 7) is 1.42. The summed E-state index contributed by atoms with van der Waals surface area (Å²) in [6, 6.07) is 9.64. The third kappa shape index (κ3) is 10.5. The molecule has 0 spiro atoms. The number of ether oxygens (including phenoxy) is 1. The summed E-state index contributed by atoms with van der Waals surface area (Å²) in [6.07, 6.45) is 5.32. The Morgan fingerprint density at radius 3 is 2.73 bits per heavy atom. The quantitative estimate of drug-likeness (QED) is 0.125. The topological polar surface area (TPSA) is 160 Å². The number of hydrogen-bond acceptors (Lipinski definition) is 9. The fourth-order valence-corrected chi connectivity index (χ4v) is 4.01. The summed E-state index contributed by atoms with van der Waals surface area (Å²) in [5.41, 5.74) is 3.16. The van der Waals surface area contributed by atoms with Gasteiger partial charge in [0.15, 0.2) is 5.13 Å². The molecule has 1 unspecified atom stereocenters. The van der Waals surface area contributed by atoms with Crippen LogP contribution in [0.3, 0.4) is 0 Å². The van der Waals surface area contributed by atoms with Gasteiger partial charge in [0.05, 0.1) is 19.3 Å². The maximum Gasteiger partial charge on any atom is 0.244 e. The molecule has 1 atom stereocenters. The Morgan fingerprint density at radius 1 is 1.14 bits per heavy atom. The molecule has 13 heteroatoms. The van der Waals surface area contributed by atoms with Crippen molar-refractivity contribution >= 4 is 34.2 Å². The number of nitrogens with one attached hydrogen (secondary N) is 3. The average molecular weight is 530 g/mol. The molecule has 3 aromatic rings. The van der Waals surface area contributed by atoms with Crippen LogP contribution in [0.4, 0.5) is 5.13 Å².